The van der Waals surface area contributed by atoms with E-state index in [0.717, 1.165) is 31.4 Å². The molecule has 1 aromatic rings. The number of nitrogens with two attached hydrogens (primary N) is 1. The first-order valence-electron chi connectivity index (χ1n) is 7.70. The number of hydrogen-bond donors (Lipinski definition) is 1. The van der Waals surface area contributed by atoms with Gasteiger partial charge in [0.15, 0.2) is 0 Å². The van der Waals surface area contributed by atoms with Gasteiger partial charge >= 0.3 is 0 Å². The Morgan fingerprint density at radius 3 is 2.40 bits per heavy atom. The van der Waals surface area contributed by atoms with Crippen molar-refractivity contribution in [3.05, 3.63) is 30.3 Å². The number of nitrogens with zero attached hydrogens (tertiary/aromatic N) is 1. The van der Waals surface area contributed by atoms with E-state index in [9.17, 15) is 4.79 Å². The number of para-hydroxylation sites is 1. The Balaban J connectivity index is 2.23. The molecule has 0 saturated heterocycles. The first-order chi connectivity index (χ1) is 9.63. The van der Waals surface area contributed by atoms with E-state index in [2.05, 4.69) is 6.92 Å². The lowest BCUT2D eigenvalue weighted by molar-refractivity contribution is -0.130. The highest BCUT2D eigenvalue weighted by atomic mass is 16.2. The number of hydrogen-bond acceptors (Lipinski definition) is 2. The summed E-state index contributed by atoms with van der Waals surface area (Å²) in [4.78, 5) is 14.9. The Hall–Kier alpha value is -1.35. The Bertz CT molecular complexity index is 436. The summed E-state index contributed by atoms with van der Waals surface area (Å²) < 4.78 is 0. The van der Waals surface area contributed by atoms with Crippen LogP contribution in [-0.2, 0) is 4.79 Å². The maximum Gasteiger partial charge on any atom is 0.234 e. The molecule has 110 valence electrons. The average Bonchev–Trinajstić information content (AvgIpc) is 2.50. The van der Waals surface area contributed by atoms with Gasteiger partial charge in [-0.25, -0.2) is 0 Å². The smallest absolute Gasteiger partial charge is 0.234 e. The fraction of sp³-hybridized carbons (Fsp3) is 0.588. The molecule has 1 aromatic carbocycles. The van der Waals surface area contributed by atoms with Crippen LogP contribution in [0.15, 0.2) is 30.3 Å². The second-order valence-electron chi connectivity index (χ2n) is 6.05. The van der Waals surface area contributed by atoms with Crippen molar-refractivity contribution >= 4 is 11.6 Å². The topological polar surface area (TPSA) is 46.3 Å². The normalized spacial score (nSPS) is 26.2. The van der Waals surface area contributed by atoms with Crippen LogP contribution in [0.2, 0.25) is 0 Å². The fourth-order valence-electron chi connectivity index (χ4n) is 3.16. The predicted molar refractivity (Wildman–Crippen MR) is 83.6 cm³/mol. The third-order valence-corrected chi connectivity index (χ3v) is 4.71. The zero-order valence-electron chi connectivity index (χ0n) is 12.6. The summed E-state index contributed by atoms with van der Waals surface area (Å²) >= 11 is 0. The number of amides is 1. The molecule has 2 rings (SSSR count). The molecule has 3 nitrogen and oxygen atoms in total. The highest BCUT2D eigenvalue weighted by Crippen LogP contribution is 2.40. The van der Waals surface area contributed by atoms with Crippen molar-refractivity contribution in [1.82, 2.24) is 0 Å². The number of benzene rings is 1. The molecule has 0 aliphatic heterocycles. The van der Waals surface area contributed by atoms with Crippen LogP contribution < -0.4 is 10.6 Å². The summed E-state index contributed by atoms with van der Waals surface area (Å²) in [5.74, 6) is 0.926. The van der Waals surface area contributed by atoms with Gasteiger partial charge in [0, 0.05) is 18.8 Å². The molecule has 0 radical (unpaired) electrons. The fourth-order valence-corrected chi connectivity index (χ4v) is 3.16. The van der Waals surface area contributed by atoms with Crippen LogP contribution in [0.1, 0.15) is 39.5 Å². The van der Waals surface area contributed by atoms with Gasteiger partial charge in [-0.15, -0.1) is 0 Å². The minimum Gasteiger partial charge on any atom is -0.329 e. The van der Waals surface area contributed by atoms with Gasteiger partial charge in [-0.2, -0.15) is 0 Å². The average molecular weight is 274 g/mol. The highest BCUT2D eigenvalue weighted by Gasteiger charge is 2.42. The Labute approximate surface area is 122 Å². The zero-order chi connectivity index (χ0) is 14.6. The maximum absolute atomic E-state index is 13.0. The molecular formula is C17H26N2O. The molecule has 3 heteroatoms. The van der Waals surface area contributed by atoms with E-state index in [0.29, 0.717) is 19.0 Å². The van der Waals surface area contributed by atoms with Crippen LogP contribution in [0.3, 0.4) is 0 Å². The molecule has 0 unspecified atom stereocenters. The van der Waals surface area contributed by atoms with Gasteiger partial charge in [0.1, 0.15) is 0 Å². The van der Waals surface area contributed by atoms with Crippen LogP contribution in [0.25, 0.3) is 0 Å². The van der Waals surface area contributed by atoms with Crippen molar-refractivity contribution in [1.29, 1.82) is 0 Å². The first-order valence-corrected chi connectivity index (χ1v) is 7.70. The van der Waals surface area contributed by atoms with Gasteiger partial charge in [0.25, 0.3) is 0 Å². The molecule has 2 N–H and O–H groups in total. The van der Waals surface area contributed by atoms with E-state index < -0.39 is 0 Å². The van der Waals surface area contributed by atoms with Crippen LogP contribution in [0.4, 0.5) is 5.69 Å². The first kappa shape index (κ1) is 15.0. The molecule has 0 spiro atoms. The van der Waals surface area contributed by atoms with Crippen molar-refractivity contribution in [2.45, 2.75) is 39.5 Å². The van der Waals surface area contributed by atoms with E-state index in [1.165, 1.54) is 0 Å². The third kappa shape index (κ3) is 2.88. The quantitative estimate of drug-likeness (QED) is 0.916. The summed E-state index contributed by atoms with van der Waals surface area (Å²) in [7, 11) is 0. The molecule has 1 aliphatic carbocycles. The second kappa shape index (κ2) is 6.40. The number of carbonyl (C=O) groups excluding carboxylic acids is 1. The summed E-state index contributed by atoms with van der Waals surface area (Å²) in [5.41, 5.74) is 6.64. The van der Waals surface area contributed by atoms with Crippen molar-refractivity contribution in [3.63, 3.8) is 0 Å². The molecule has 0 atom stereocenters. The summed E-state index contributed by atoms with van der Waals surface area (Å²) in [5, 5.41) is 0. The van der Waals surface area contributed by atoms with E-state index in [1.807, 2.05) is 42.2 Å². The van der Waals surface area contributed by atoms with Crippen LogP contribution in [0.5, 0.6) is 0 Å². The Morgan fingerprint density at radius 1 is 1.30 bits per heavy atom. The summed E-state index contributed by atoms with van der Waals surface area (Å²) in [6.45, 7) is 5.45. The monoisotopic (exact) mass is 274 g/mol. The zero-order valence-corrected chi connectivity index (χ0v) is 12.6. The van der Waals surface area contributed by atoms with Gasteiger partial charge in [0.2, 0.25) is 5.91 Å². The molecular weight excluding hydrogens is 248 g/mol. The highest BCUT2D eigenvalue weighted by molar-refractivity contribution is 5.97. The van der Waals surface area contributed by atoms with Crippen LogP contribution in [0, 0.1) is 11.3 Å². The Kier molecular flexibility index (Phi) is 4.81. The third-order valence-electron chi connectivity index (χ3n) is 4.71. The van der Waals surface area contributed by atoms with Gasteiger partial charge in [0.05, 0.1) is 5.41 Å². The number of anilines is 1. The molecule has 1 aliphatic rings. The van der Waals surface area contributed by atoms with E-state index in [4.69, 9.17) is 5.73 Å². The molecule has 1 amide bonds. The lowest BCUT2D eigenvalue weighted by atomic mass is 9.70. The number of rotatable bonds is 4. The molecule has 1 fully saturated rings. The van der Waals surface area contributed by atoms with Crippen LogP contribution >= 0.6 is 0 Å². The predicted octanol–water partition coefficient (Wildman–Crippen LogP) is 3.19. The molecule has 0 heterocycles. The van der Waals surface area contributed by atoms with Crippen molar-refractivity contribution in [3.8, 4) is 0 Å². The standard InChI is InChI=1S/C17H26N2O/c1-3-19(15-7-5-4-6-8-15)16(20)17(13-18)11-9-14(2)10-12-17/h4-8,14H,3,9-13,18H2,1-2H3. The molecule has 0 bridgehead atoms. The van der Waals surface area contributed by atoms with Crippen molar-refractivity contribution in [2.75, 3.05) is 18.0 Å². The van der Waals surface area contributed by atoms with E-state index >= 15 is 0 Å². The lowest BCUT2D eigenvalue weighted by Gasteiger charge is -2.40. The minimum atomic E-state index is -0.349. The molecule has 20 heavy (non-hydrogen) atoms. The van der Waals surface area contributed by atoms with Crippen LogP contribution in [-0.4, -0.2) is 19.0 Å². The molecule has 0 aromatic heterocycles. The summed E-state index contributed by atoms with van der Waals surface area (Å²) in [6, 6.07) is 9.92. The van der Waals surface area contributed by atoms with Gasteiger partial charge in [-0.3, -0.25) is 4.79 Å². The van der Waals surface area contributed by atoms with Gasteiger partial charge < -0.3 is 10.6 Å². The maximum atomic E-state index is 13.0. The Morgan fingerprint density at radius 2 is 1.90 bits per heavy atom. The number of carbonyl (C=O) groups is 1. The largest absolute Gasteiger partial charge is 0.329 e. The minimum absolute atomic E-state index is 0.209. The van der Waals surface area contributed by atoms with Crippen molar-refractivity contribution < 1.29 is 4.79 Å². The second-order valence-corrected chi connectivity index (χ2v) is 6.05. The van der Waals surface area contributed by atoms with E-state index in [-0.39, 0.29) is 11.3 Å². The van der Waals surface area contributed by atoms with Crippen molar-refractivity contribution in [2.24, 2.45) is 17.1 Å². The van der Waals surface area contributed by atoms with Gasteiger partial charge in [-0.1, -0.05) is 25.1 Å². The lowest BCUT2D eigenvalue weighted by Crippen LogP contribution is -2.50. The van der Waals surface area contributed by atoms with E-state index in [1.54, 1.807) is 0 Å². The summed E-state index contributed by atoms with van der Waals surface area (Å²) in [6.07, 6.45) is 4.06. The SMILES string of the molecule is CCN(C(=O)C1(CN)CCC(C)CC1)c1ccccc1. The van der Waals surface area contributed by atoms with Gasteiger partial charge in [-0.05, 0) is 50.7 Å². The molecule has 1 saturated carbocycles.